The molecule has 0 aliphatic rings. The fourth-order valence-corrected chi connectivity index (χ4v) is 2.50. The SMILES string of the molecule is COc1ccc(CN[C@@H](C)c2ccccc2C)cc1C. The Morgan fingerprint density at radius 2 is 1.80 bits per heavy atom. The maximum absolute atomic E-state index is 5.29. The highest BCUT2D eigenvalue weighted by molar-refractivity contribution is 5.36. The van der Waals surface area contributed by atoms with E-state index in [2.05, 4.69) is 62.5 Å². The summed E-state index contributed by atoms with van der Waals surface area (Å²) in [6, 6.07) is 15.2. The number of benzene rings is 2. The van der Waals surface area contributed by atoms with Crippen LogP contribution in [0.3, 0.4) is 0 Å². The third-order valence-electron chi connectivity index (χ3n) is 3.73. The zero-order valence-corrected chi connectivity index (χ0v) is 12.7. The quantitative estimate of drug-likeness (QED) is 0.880. The molecule has 20 heavy (non-hydrogen) atoms. The number of hydrogen-bond acceptors (Lipinski definition) is 2. The molecule has 0 unspecified atom stereocenters. The Hall–Kier alpha value is -1.80. The van der Waals surface area contributed by atoms with E-state index in [-0.39, 0.29) is 0 Å². The van der Waals surface area contributed by atoms with Gasteiger partial charge in [-0.25, -0.2) is 0 Å². The number of rotatable bonds is 5. The molecule has 2 rings (SSSR count). The molecule has 1 N–H and O–H groups in total. The molecule has 106 valence electrons. The van der Waals surface area contributed by atoms with Crippen molar-refractivity contribution in [1.82, 2.24) is 5.32 Å². The summed E-state index contributed by atoms with van der Waals surface area (Å²) in [7, 11) is 1.71. The monoisotopic (exact) mass is 269 g/mol. The van der Waals surface area contributed by atoms with Crippen molar-refractivity contribution in [3.63, 3.8) is 0 Å². The summed E-state index contributed by atoms with van der Waals surface area (Å²) in [6.45, 7) is 7.30. The van der Waals surface area contributed by atoms with Crippen molar-refractivity contribution in [3.8, 4) is 5.75 Å². The van der Waals surface area contributed by atoms with E-state index in [0.717, 1.165) is 12.3 Å². The Labute approximate surface area is 121 Å². The molecular formula is C18H23NO. The second-order valence-corrected chi connectivity index (χ2v) is 5.26. The fraction of sp³-hybridized carbons (Fsp3) is 0.333. The Balaban J connectivity index is 2.02. The van der Waals surface area contributed by atoms with Crippen LogP contribution >= 0.6 is 0 Å². The normalized spacial score (nSPS) is 12.2. The number of hydrogen-bond donors (Lipinski definition) is 1. The summed E-state index contributed by atoms with van der Waals surface area (Å²) in [5.74, 6) is 0.945. The minimum absolute atomic E-state index is 0.346. The molecule has 2 aromatic rings. The van der Waals surface area contributed by atoms with Crippen LogP contribution < -0.4 is 10.1 Å². The van der Waals surface area contributed by atoms with Crippen LogP contribution in [0, 0.1) is 13.8 Å². The van der Waals surface area contributed by atoms with Crippen LogP contribution in [-0.4, -0.2) is 7.11 Å². The third kappa shape index (κ3) is 3.40. The largest absolute Gasteiger partial charge is 0.496 e. The molecule has 0 fully saturated rings. The number of methoxy groups -OCH3 is 1. The molecule has 0 bridgehead atoms. The van der Waals surface area contributed by atoms with Crippen LogP contribution in [0.4, 0.5) is 0 Å². The average Bonchev–Trinajstić information content (AvgIpc) is 2.45. The molecule has 0 spiro atoms. The zero-order chi connectivity index (χ0) is 14.5. The molecule has 0 saturated carbocycles. The lowest BCUT2D eigenvalue weighted by atomic mass is 10.0. The van der Waals surface area contributed by atoms with Crippen LogP contribution in [0.15, 0.2) is 42.5 Å². The first-order chi connectivity index (χ1) is 9.61. The number of nitrogens with one attached hydrogen (secondary N) is 1. The molecular weight excluding hydrogens is 246 g/mol. The second kappa shape index (κ2) is 6.58. The minimum Gasteiger partial charge on any atom is -0.496 e. The van der Waals surface area contributed by atoms with Gasteiger partial charge in [0.1, 0.15) is 5.75 Å². The molecule has 1 atom stereocenters. The molecule has 2 heteroatoms. The van der Waals surface area contributed by atoms with Gasteiger partial charge in [-0.3, -0.25) is 0 Å². The van der Waals surface area contributed by atoms with Crippen molar-refractivity contribution in [1.29, 1.82) is 0 Å². The maximum Gasteiger partial charge on any atom is 0.121 e. The first-order valence-corrected chi connectivity index (χ1v) is 7.04. The van der Waals surface area contributed by atoms with Crippen LogP contribution in [0.2, 0.25) is 0 Å². The summed E-state index contributed by atoms with van der Waals surface area (Å²) in [6.07, 6.45) is 0. The van der Waals surface area contributed by atoms with Gasteiger partial charge in [0.25, 0.3) is 0 Å². The van der Waals surface area contributed by atoms with Gasteiger partial charge in [-0.15, -0.1) is 0 Å². The molecule has 0 aliphatic heterocycles. The molecule has 0 heterocycles. The summed E-state index contributed by atoms with van der Waals surface area (Å²) in [5, 5.41) is 3.58. The van der Waals surface area contributed by atoms with Gasteiger partial charge in [0.05, 0.1) is 7.11 Å². The first-order valence-electron chi connectivity index (χ1n) is 7.04. The van der Waals surface area contributed by atoms with Gasteiger partial charge >= 0.3 is 0 Å². The van der Waals surface area contributed by atoms with Crippen molar-refractivity contribution >= 4 is 0 Å². The van der Waals surface area contributed by atoms with Crippen molar-refractivity contribution in [2.45, 2.75) is 33.4 Å². The van der Waals surface area contributed by atoms with E-state index < -0.39 is 0 Å². The predicted molar refractivity (Wildman–Crippen MR) is 84.2 cm³/mol. The molecule has 0 radical (unpaired) electrons. The second-order valence-electron chi connectivity index (χ2n) is 5.26. The van der Waals surface area contributed by atoms with E-state index in [1.54, 1.807) is 7.11 Å². The van der Waals surface area contributed by atoms with Gasteiger partial charge in [-0.05, 0) is 49.1 Å². The summed E-state index contributed by atoms with van der Waals surface area (Å²) < 4.78 is 5.29. The topological polar surface area (TPSA) is 21.3 Å². The van der Waals surface area contributed by atoms with E-state index in [9.17, 15) is 0 Å². The maximum atomic E-state index is 5.29. The van der Waals surface area contributed by atoms with Crippen molar-refractivity contribution in [2.75, 3.05) is 7.11 Å². The average molecular weight is 269 g/mol. The number of ether oxygens (including phenoxy) is 1. The minimum atomic E-state index is 0.346. The van der Waals surface area contributed by atoms with Crippen LogP contribution in [-0.2, 0) is 6.54 Å². The predicted octanol–water partition coefficient (Wildman–Crippen LogP) is 4.16. The van der Waals surface area contributed by atoms with Crippen molar-refractivity contribution in [3.05, 3.63) is 64.7 Å². The Kier molecular flexibility index (Phi) is 4.80. The number of aryl methyl sites for hydroxylation is 2. The fourth-order valence-electron chi connectivity index (χ4n) is 2.50. The van der Waals surface area contributed by atoms with Gasteiger partial charge in [-0.2, -0.15) is 0 Å². The Bertz CT molecular complexity index is 577. The summed E-state index contributed by atoms with van der Waals surface area (Å²) in [5.41, 5.74) is 5.15. The van der Waals surface area contributed by atoms with Crippen molar-refractivity contribution in [2.24, 2.45) is 0 Å². The van der Waals surface area contributed by atoms with Gasteiger partial charge < -0.3 is 10.1 Å². The van der Waals surface area contributed by atoms with Gasteiger partial charge in [-0.1, -0.05) is 36.4 Å². The highest BCUT2D eigenvalue weighted by Crippen LogP contribution is 2.20. The first kappa shape index (κ1) is 14.6. The van der Waals surface area contributed by atoms with Gasteiger partial charge in [0, 0.05) is 12.6 Å². The van der Waals surface area contributed by atoms with E-state index in [1.807, 2.05) is 6.07 Å². The molecule has 0 aromatic heterocycles. The molecule has 2 nitrogen and oxygen atoms in total. The van der Waals surface area contributed by atoms with E-state index >= 15 is 0 Å². The lowest BCUT2D eigenvalue weighted by molar-refractivity contribution is 0.411. The van der Waals surface area contributed by atoms with Crippen LogP contribution in [0.25, 0.3) is 0 Å². The molecule has 2 aromatic carbocycles. The summed E-state index contributed by atoms with van der Waals surface area (Å²) in [4.78, 5) is 0. The van der Waals surface area contributed by atoms with Crippen molar-refractivity contribution < 1.29 is 4.74 Å². The highest BCUT2D eigenvalue weighted by atomic mass is 16.5. The molecule has 0 aliphatic carbocycles. The Morgan fingerprint density at radius 1 is 1.05 bits per heavy atom. The summed E-state index contributed by atoms with van der Waals surface area (Å²) >= 11 is 0. The zero-order valence-electron chi connectivity index (χ0n) is 12.7. The smallest absolute Gasteiger partial charge is 0.121 e. The Morgan fingerprint density at radius 3 is 2.45 bits per heavy atom. The van der Waals surface area contributed by atoms with E-state index in [0.29, 0.717) is 6.04 Å². The lowest BCUT2D eigenvalue weighted by Gasteiger charge is -2.17. The van der Waals surface area contributed by atoms with Gasteiger partial charge in [0.15, 0.2) is 0 Å². The molecule has 0 amide bonds. The van der Waals surface area contributed by atoms with Gasteiger partial charge in [0.2, 0.25) is 0 Å². The van der Waals surface area contributed by atoms with Crippen LogP contribution in [0.5, 0.6) is 5.75 Å². The highest BCUT2D eigenvalue weighted by Gasteiger charge is 2.07. The standard InChI is InChI=1S/C18H23NO/c1-13-7-5-6-8-17(13)15(3)19-12-16-9-10-18(20-4)14(2)11-16/h5-11,15,19H,12H2,1-4H3/t15-/m0/s1. The van der Waals surface area contributed by atoms with E-state index in [1.165, 1.54) is 22.3 Å². The third-order valence-corrected chi connectivity index (χ3v) is 3.73. The molecule has 0 saturated heterocycles. The van der Waals surface area contributed by atoms with Crippen LogP contribution in [0.1, 0.15) is 35.2 Å². The van der Waals surface area contributed by atoms with E-state index in [4.69, 9.17) is 4.74 Å². The lowest BCUT2D eigenvalue weighted by Crippen LogP contribution is -2.18.